The van der Waals surface area contributed by atoms with Crippen LogP contribution in [0.1, 0.15) is 10.9 Å². The van der Waals surface area contributed by atoms with E-state index in [2.05, 4.69) is 15.9 Å². The summed E-state index contributed by atoms with van der Waals surface area (Å²) < 4.78 is 23.0. The molecular weight excluding hydrogens is 335 g/mol. The Hall–Kier alpha value is -0.490. The molecule has 0 amide bonds. The van der Waals surface area contributed by atoms with Crippen molar-refractivity contribution in [3.8, 4) is 11.5 Å². The van der Waals surface area contributed by atoms with Crippen molar-refractivity contribution in [2.75, 3.05) is 33.0 Å². The fraction of sp³-hybridized carbons (Fsp3) is 0.538. The zero-order valence-corrected chi connectivity index (χ0v) is 12.6. The first-order valence-electron chi connectivity index (χ1n) is 6.18. The number of halogens is 2. The molecule has 1 aromatic rings. The maximum absolute atomic E-state index is 6.50. The number of hydrogen-bond donors (Lipinski definition) is 0. The number of benzene rings is 1. The van der Waals surface area contributed by atoms with E-state index in [1.807, 2.05) is 12.1 Å². The smallest absolute Gasteiger partial charge is 0.162 e. The van der Waals surface area contributed by atoms with E-state index in [0.29, 0.717) is 33.0 Å². The summed E-state index contributed by atoms with van der Waals surface area (Å²) in [7, 11) is 0. The number of alkyl halides is 1. The van der Waals surface area contributed by atoms with Crippen LogP contribution in [-0.4, -0.2) is 39.1 Å². The Bertz CT molecular complexity index is 462. The molecule has 4 nitrogen and oxygen atoms in total. The van der Waals surface area contributed by atoms with Crippen molar-refractivity contribution in [1.82, 2.24) is 0 Å². The molecule has 0 spiro atoms. The first-order valence-corrected chi connectivity index (χ1v) is 7.41. The van der Waals surface area contributed by atoms with Crippen molar-refractivity contribution >= 4 is 27.5 Å². The van der Waals surface area contributed by atoms with E-state index in [1.54, 1.807) is 0 Å². The van der Waals surface area contributed by atoms with Crippen LogP contribution in [0, 0.1) is 0 Å². The lowest BCUT2D eigenvalue weighted by Gasteiger charge is -2.28. The molecule has 19 heavy (non-hydrogen) atoms. The van der Waals surface area contributed by atoms with Crippen LogP contribution >= 0.6 is 27.5 Å². The van der Waals surface area contributed by atoms with Crippen molar-refractivity contribution in [2.45, 2.75) is 11.5 Å². The molecule has 0 saturated carbocycles. The lowest BCUT2D eigenvalue weighted by atomic mass is 10.1. The van der Waals surface area contributed by atoms with Crippen molar-refractivity contribution in [3.63, 3.8) is 0 Å². The fourth-order valence-corrected chi connectivity index (χ4v) is 3.19. The number of hydrogen-bond acceptors (Lipinski definition) is 4. The average Bonchev–Trinajstić information content (AvgIpc) is 2.47. The molecule has 0 N–H and O–H groups in total. The second kappa shape index (κ2) is 5.87. The molecule has 0 bridgehead atoms. The Balaban J connectivity index is 1.86. The maximum atomic E-state index is 6.50. The molecule has 1 saturated heterocycles. The van der Waals surface area contributed by atoms with Gasteiger partial charge in [-0.3, -0.25) is 0 Å². The third kappa shape index (κ3) is 2.84. The van der Waals surface area contributed by atoms with E-state index < -0.39 is 0 Å². The molecule has 2 atom stereocenters. The van der Waals surface area contributed by atoms with E-state index >= 15 is 0 Å². The van der Waals surface area contributed by atoms with Crippen LogP contribution in [0.2, 0.25) is 0 Å². The van der Waals surface area contributed by atoms with Crippen molar-refractivity contribution < 1.29 is 18.9 Å². The molecule has 2 unspecified atom stereocenters. The zero-order valence-electron chi connectivity index (χ0n) is 10.2. The predicted octanol–water partition coefficient (Wildman–Crippen LogP) is 2.92. The highest BCUT2D eigenvalue weighted by Gasteiger charge is 2.28. The maximum Gasteiger partial charge on any atom is 0.162 e. The SMILES string of the molecule is ClC(c1cc2c(cc1Br)OCCO2)C1COCCO1. The summed E-state index contributed by atoms with van der Waals surface area (Å²) in [6.07, 6.45) is -0.144. The molecule has 2 heterocycles. The van der Waals surface area contributed by atoms with E-state index in [0.717, 1.165) is 21.5 Å². The fourth-order valence-electron chi connectivity index (χ4n) is 2.17. The molecule has 104 valence electrons. The second-order valence-electron chi connectivity index (χ2n) is 4.40. The van der Waals surface area contributed by atoms with Gasteiger partial charge in [-0.05, 0) is 17.7 Å². The lowest BCUT2D eigenvalue weighted by Crippen LogP contribution is -2.32. The minimum Gasteiger partial charge on any atom is -0.486 e. The van der Waals surface area contributed by atoms with Crippen LogP contribution in [0.15, 0.2) is 16.6 Å². The van der Waals surface area contributed by atoms with Gasteiger partial charge in [0.2, 0.25) is 0 Å². The summed E-state index contributed by atoms with van der Waals surface area (Å²) in [6, 6.07) is 3.80. The molecule has 1 fully saturated rings. The first kappa shape index (κ1) is 13.5. The van der Waals surface area contributed by atoms with Gasteiger partial charge in [0.25, 0.3) is 0 Å². The standard InChI is InChI=1S/C13H14BrClO4/c14-9-6-11-10(17-3-4-18-11)5-8(9)13(15)12-7-16-1-2-19-12/h5-6,12-13H,1-4,7H2. The van der Waals surface area contributed by atoms with E-state index in [1.165, 1.54) is 0 Å². The summed E-state index contributed by atoms with van der Waals surface area (Å²) in [4.78, 5) is 0. The molecule has 2 aliphatic heterocycles. The summed E-state index contributed by atoms with van der Waals surface area (Å²) in [5.41, 5.74) is 0.932. The highest BCUT2D eigenvalue weighted by molar-refractivity contribution is 9.10. The van der Waals surface area contributed by atoms with Crippen molar-refractivity contribution in [2.24, 2.45) is 0 Å². The normalized spacial score (nSPS) is 24.0. The van der Waals surface area contributed by atoms with Gasteiger partial charge in [-0.25, -0.2) is 0 Å². The highest BCUT2D eigenvalue weighted by atomic mass is 79.9. The Morgan fingerprint density at radius 3 is 2.53 bits per heavy atom. The van der Waals surface area contributed by atoms with E-state index in [-0.39, 0.29) is 11.5 Å². The van der Waals surface area contributed by atoms with Crippen molar-refractivity contribution in [1.29, 1.82) is 0 Å². The van der Waals surface area contributed by atoms with Crippen LogP contribution in [0.4, 0.5) is 0 Å². The molecule has 6 heteroatoms. The van der Waals surface area contributed by atoms with Crippen LogP contribution < -0.4 is 9.47 Å². The Kier molecular flexibility index (Phi) is 4.17. The van der Waals surface area contributed by atoms with Crippen LogP contribution in [0.3, 0.4) is 0 Å². The minimum absolute atomic E-state index is 0.144. The van der Waals surface area contributed by atoms with Gasteiger partial charge in [-0.15, -0.1) is 11.6 Å². The van der Waals surface area contributed by atoms with Gasteiger partial charge in [0.15, 0.2) is 11.5 Å². The van der Waals surface area contributed by atoms with Crippen LogP contribution in [-0.2, 0) is 9.47 Å². The molecule has 3 rings (SSSR count). The first-order chi connectivity index (χ1) is 9.25. The van der Waals surface area contributed by atoms with Crippen molar-refractivity contribution in [3.05, 3.63) is 22.2 Å². The van der Waals surface area contributed by atoms with Crippen LogP contribution in [0.5, 0.6) is 11.5 Å². The topological polar surface area (TPSA) is 36.9 Å². The predicted molar refractivity (Wildman–Crippen MR) is 74.3 cm³/mol. The summed E-state index contributed by atoms with van der Waals surface area (Å²) in [6.45, 7) is 2.85. The van der Waals surface area contributed by atoms with Gasteiger partial charge < -0.3 is 18.9 Å². The van der Waals surface area contributed by atoms with Crippen LogP contribution in [0.25, 0.3) is 0 Å². The molecular formula is C13H14BrClO4. The quantitative estimate of drug-likeness (QED) is 0.769. The molecule has 2 aliphatic rings. The molecule has 1 aromatic carbocycles. The second-order valence-corrected chi connectivity index (χ2v) is 5.73. The molecule has 0 aliphatic carbocycles. The number of rotatable bonds is 2. The van der Waals surface area contributed by atoms with E-state index in [9.17, 15) is 0 Å². The van der Waals surface area contributed by atoms with Gasteiger partial charge in [-0.1, -0.05) is 15.9 Å². The highest BCUT2D eigenvalue weighted by Crippen LogP contribution is 2.41. The van der Waals surface area contributed by atoms with Gasteiger partial charge in [0.05, 0.1) is 25.2 Å². The van der Waals surface area contributed by atoms with Gasteiger partial charge in [0.1, 0.15) is 19.3 Å². The Labute approximate surface area is 125 Å². The average molecular weight is 350 g/mol. The summed E-state index contributed by atoms with van der Waals surface area (Å²) >= 11 is 10.0. The lowest BCUT2D eigenvalue weighted by molar-refractivity contribution is -0.0893. The summed E-state index contributed by atoms with van der Waals surface area (Å²) in [5, 5.41) is -0.287. The molecule has 0 aromatic heterocycles. The number of fused-ring (bicyclic) bond motifs is 1. The Morgan fingerprint density at radius 1 is 1.11 bits per heavy atom. The minimum atomic E-state index is -0.287. The largest absolute Gasteiger partial charge is 0.486 e. The monoisotopic (exact) mass is 348 g/mol. The molecule has 0 radical (unpaired) electrons. The third-order valence-corrected chi connectivity index (χ3v) is 4.33. The van der Waals surface area contributed by atoms with Gasteiger partial charge in [0, 0.05) is 4.47 Å². The number of ether oxygens (including phenoxy) is 4. The van der Waals surface area contributed by atoms with Gasteiger partial charge >= 0.3 is 0 Å². The third-order valence-electron chi connectivity index (χ3n) is 3.13. The van der Waals surface area contributed by atoms with Gasteiger partial charge in [-0.2, -0.15) is 0 Å². The zero-order chi connectivity index (χ0) is 13.2. The Morgan fingerprint density at radius 2 is 1.84 bits per heavy atom. The van der Waals surface area contributed by atoms with E-state index in [4.69, 9.17) is 30.5 Å². The summed E-state index contributed by atoms with van der Waals surface area (Å²) in [5.74, 6) is 1.47.